The lowest BCUT2D eigenvalue weighted by Crippen LogP contribution is -2.34. The topological polar surface area (TPSA) is 42.0 Å². The van der Waals surface area contributed by atoms with E-state index in [1.807, 2.05) is 29.8 Å². The van der Waals surface area contributed by atoms with E-state index in [9.17, 15) is 4.79 Å². The molecule has 5 heteroatoms. The van der Waals surface area contributed by atoms with Gasteiger partial charge in [-0.25, -0.2) is 4.98 Å². The highest BCUT2D eigenvalue weighted by Crippen LogP contribution is 2.29. The van der Waals surface area contributed by atoms with Crippen LogP contribution in [0.25, 0.3) is 11.1 Å². The summed E-state index contributed by atoms with van der Waals surface area (Å²) < 4.78 is 0. The van der Waals surface area contributed by atoms with Crippen LogP contribution in [0.15, 0.2) is 29.1 Å². The quantitative estimate of drug-likeness (QED) is 0.815. The minimum atomic E-state index is -0.164. The van der Waals surface area contributed by atoms with Crippen LogP contribution in [-0.2, 0) is 0 Å². The van der Waals surface area contributed by atoms with Crippen LogP contribution >= 0.6 is 22.9 Å². The third-order valence-corrected chi connectivity index (χ3v) is 4.14. The summed E-state index contributed by atoms with van der Waals surface area (Å²) in [6.45, 7) is 6.28. The number of rotatable bonds is 5. The molecule has 2 aromatic rings. The predicted molar refractivity (Wildman–Crippen MR) is 88.9 cm³/mol. The molecular formula is C16H19ClN2OS. The van der Waals surface area contributed by atoms with Crippen LogP contribution in [0.2, 0.25) is 5.15 Å². The summed E-state index contributed by atoms with van der Waals surface area (Å²) in [6.07, 6.45) is 2.56. The largest absolute Gasteiger partial charge is 0.349 e. The van der Waals surface area contributed by atoms with Gasteiger partial charge < -0.3 is 5.32 Å². The van der Waals surface area contributed by atoms with Gasteiger partial charge in [0.15, 0.2) is 0 Å². The van der Waals surface area contributed by atoms with Gasteiger partial charge in [0.05, 0.1) is 5.56 Å². The Bertz CT molecular complexity index is 611. The maximum atomic E-state index is 12.5. The van der Waals surface area contributed by atoms with Crippen LogP contribution in [-0.4, -0.2) is 16.9 Å². The molecule has 0 aromatic carbocycles. The number of carbonyl (C=O) groups is 1. The summed E-state index contributed by atoms with van der Waals surface area (Å²) in [5, 5.41) is 7.23. The van der Waals surface area contributed by atoms with Gasteiger partial charge in [0.25, 0.3) is 5.91 Å². The second-order valence-electron chi connectivity index (χ2n) is 5.54. The Morgan fingerprint density at radius 2 is 2.14 bits per heavy atom. The molecule has 0 aliphatic carbocycles. The molecule has 0 radical (unpaired) electrons. The van der Waals surface area contributed by atoms with Gasteiger partial charge in [-0.2, -0.15) is 11.3 Å². The number of hydrogen-bond donors (Lipinski definition) is 1. The molecule has 0 fully saturated rings. The molecule has 0 spiro atoms. The first-order chi connectivity index (χ1) is 9.99. The Kier molecular flexibility index (Phi) is 5.37. The molecule has 3 nitrogen and oxygen atoms in total. The molecule has 0 aliphatic rings. The molecule has 1 unspecified atom stereocenters. The monoisotopic (exact) mass is 322 g/mol. The number of halogens is 1. The lowest BCUT2D eigenvalue weighted by molar-refractivity contribution is 0.0936. The van der Waals surface area contributed by atoms with Gasteiger partial charge in [0.2, 0.25) is 0 Å². The van der Waals surface area contributed by atoms with E-state index in [2.05, 4.69) is 24.1 Å². The van der Waals surface area contributed by atoms with E-state index in [0.717, 1.165) is 17.5 Å². The molecule has 2 heterocycles. The highest BCUT2D eigenvalue weighted by Gasteiger charge is 2.19. The Morgan fingerprint density at radius 1 is 1.38 bits per heavy atom. The third-order valence-electron chi connectivity index (χ3n) is 3.17. The zero-order valence-corrected chi connectivity index (χ0v) is 14.0. The lowest BCUT2D eigenvalue weighted by Gasteiger charge is -2.17. The number of carbonyl (C=O) groups excluding carboxylic acids is 1. The second-order valence-corrected chi connectivity index (χ2v) is 6.68. The van der Waals surface area contributed by atoms with E-state index in [-0.39, 0.29) is 17.1 Å². The average molecular weight is 323 g/mol. The summed E-state index contributed by atoms with van der Waals surface area (Å²) in [7, 11) is 0. The van der Waals surface area contributed by atoms with Gasteiger partial charge in [-0.1, -0.05) is 25.4 Å². The molecule has 0 saturated heterocycles. The number of amides is 1. The highest BCUT2D eigenvalue weighted by molar-refractivity contribution is 7.08. The molecule has 0 bridgehead atoms. The number of pyridine rings is 1. The van der Waals surface area contributed by atoms with Crippen molar-refractivity contribution in [2.75, 3.05) is 0 Å². The van der Waals surface area contributed by atoms with Crippen LogP contribution in [0.5, 0.6) is 0 Å². The zero-order chi connectivity index (χ0) is 15.4. The van der Waals surface area contributed by atoms with Crippen molar-refractivity contribution in [1.29, 1.82) is 0 Å². The molecule has 21 heavy (non-hydrogen) atoms. The Labute approximate surface area is 134 Å². The van der Waals surface area contributed by atoms with E-state index < -0.39 is 0 Å². The van der Waals surface area contributed by atoms with Crippen molar-refractivity contribution >= 4 is 28.8 Å². The first-order valence-electron chi connectivity index (χ1n) is 6.97. The molecule has 2 rings (SSSR count). The Hall–Kier alpha value is -1.39. The number of hydrogen-bond acceptors (Lipinski definition) is 3. The number of nitrogens with one attached hydrogen (secondary N) is 1. The maximum Gasteiger partial charge on any atom is 0.255 e. The summed E-state index contributed by atoms with van der Waals surface area (Å²) in [5.74, 6) is 0.364. The Morgan fingerprint density at radius 3 is 2.76 bits per heavy atom. The number of thiophene rings is 1. The predicted octanol–water partition coefficient (Wildman–Crippen LogP) is 4.63. The second kappa shape index (κ2) is 7.05. The fraction of sp³-hybridized carbons (Fsp3) is 0.375. The van der Waals surface area contributed by atoms with Crippen molar-refractivity contribution in [1.82, 2.24) is 10.3 Å². The lowest BCUT2D eigenvalue weighted by atomic mass is 10.0. The molecule has 112 valence electrons. The normalized spacial score (nSPS) is 12.4. The van der Waals surface area contributed by atoms with Crippen LogP contribution < -0.4 is 5.32 Å². The van der Waals surface area contributed by atoms with Gasteiger partial charge in [-0.05, 0) is 53.3 Å². The van der Waals surface area contributed by atoms with Gasteiger partial charge in [0, 0.05) is 12.2 Å². The maximum absolute atomic E-state index is 12.5. The summed E-state index contributed by atoms with van der Waals surface area (Å²) >= 11 is 7.75. The molecule has 0 aliphatic heterocycles. The first kappa shape index (κ1) is 16.0. The minimum absolute atomic E-state index is 0.101. The fourth-order valence-corrected chi connectivity index (χ4v) is 3.27. The molecule has 2 aromatic heterocycles. The SMILES string of the molecule is CC(C)CC(C)NC(=O)c1c(-c2ccsc2)ccnc1Cl. The van der Waals surface area contributed by atoms with Gasteiger partial charge in [-0.15, -0.1) is 0 Å². The van der Waals surface area contributed by atoms with E-state index >= 15 is 0 Å². The van der Waals surface area contributed by atoms with Gasteiger partial charge in [-0.3, -0.25) is 4.79 Å². The van der Waals surface area contributed by atoms with Crippen molar-refractivity contribution in [3.8, 4) is 11.1 Å². The molecule has 1 amide bonds. The van der Waals surface area contributed by atoms with Crippen LogP contribution in [0, 0.1) is 5.92 Å². The van der Waals surface area contributed by atoms with Crippen molar-refractivity contribution in [3.05, 3.63) is 39.8 Å². The van der Waals surface area contributed by atoms with Crippen molar-refractivity contribution in [2.45, 2.75) is 33.2 Å². The van der Waals surface area contributed by atoms with Gasteiger partial charge in [0.1, 0.15) is 5.15 Å². The van der Waals surface area contributed by atoms with Crippen molar-refractivity contribution in [3.63, 3.8) is 0 Å². The standard InChI is InChI=1S/C16H19ClN2OS/c1-10(2)8-11(3)19-16(20)14-13(4-6-18-15(14)17)12-5-7-21-9-12/h4-7,9-11H,8H2,1-3H3,(H,19,20). The smallest absolute Gasteiger partial charge is 0.255 e. The van der Waals surface area contributed by atoms with Gasteiger partial charge >= 0.3 is 0 Å². The number of nitrogens with zero attached hydrogens (tertiary/aromatic N) is 1. The molecular weight excluding hydrogens is 304 g/mol. The van der Waals surface area contributed by atoms with Crippen molar-refractivity contribution < 1.29 is 4.79 Å². The minimum Gasteiger partial charge on any atom is -0.349 e. The number of aromatic nitrogens is 1. The summed E-state index contributed by atoms with van der Waals surface area (Å²) in [5.41, 5.74) is 2.27. The Balaban J connectivity index is 2.28. The fourth-order valence-electron chi connectivity index (χ4n) is 2.37. The van der Waals surface area contributed by atoms with E-state index in [1.165, 1.54) is 0 Å². The third kappa shape index (κ3) is 4.05. The molecule has 1 N–H and O–H groups in total. The summed E-state index contributed by atoms with van der Waals surface area (Å²) in [4.78, 5) is 16.6. The van der Waals surface area contributed by atoms with Crippen LogP contribution in [0.4, 0.5) is 0 Å². The highest BCUT2D eigenvalue weighted by atomic mass is 35.5. The van der Waals surface area contributed by atoms with E-state index in [0.29, 0.717) is 11.5 Å². The van der Waals surface area contributed by atoms with Crippen LogP contribution in [0.3, 0.4) is 0 Å². The first-order valence-corrected chi connectivity index (χ1v) is 8.29. The molecule has 0 saturated carbocycles. The van der Waals surface area contributed by atoms with Crippen LogP contribution in [0.1, 0.15) is 37.6 Å². The van der Waals surface area contributed by atoms with E-state index in [4.69, 9.17) is 11.6 Å². The average Bonchev–Trinajstić information content (AvgIpc) is 2.90. The summed E-state index contributed by atoms with van der Waals surface area (Å²) in [6, 6.07) is 3.91. The van der Waals surface area contributed by atoms with E-state index in [1.54, 1.807) is 17.5 Å². The molecule has 1 atom stereocenters. The van der Waals surface area contributed by atoms with Crippen molar-refractivity contribution in [2.24, 2.45) is 5.92 Å². The zero-order valence-electron chi connectivity index (χ0n) is 12.4.